The summed E-state index contributed by atoms with van der Waals surface area (Å²) in [4.78, 5) is 33.3. The van der Waals surface area contributed by atoms with Crippen molar-refractivity contribution >= 4 is 17.6 Å². The Morgan fingerprint density at radius 1 is 1.31 bits per heavy atom. The summed E-state index contributed by atoms with van der Waals surface area (Å²) in [5.74, 6) is 0.149. The lowest BCUT2D eigenvalue weighted by Gasteiger charge is -2.41. The molecule has 4 rings (SSSR count). The molecule has 0 aromatic heterocycles. The standard InChI is InChI=1S/C23H30N2O4/c1-3-28-22(27)23(11-6-12-25(15-23)21(26)17-9-10-17)14-18-13-20(24-29-18)19-8-5-4-7-16(19)2/h4-5,7-8,17-18H,3,6,9-15H2,1-2H3/t18-,23+/m0/s1. The number of esters is 1. The van der Waals surface area contributed by atoms with Crippen LogP contribution in [0.4, 0.5) is 0 Å². The molecule has 1 aromatic rings. The predicted molar refractivity (Wildman–Crippen MR) is 109 cm³/mol. The zero-order valence-corrected chi connectivity index (χ0v) is 17.4. The molecule has 1 saturated heterocycles. The molecule has 2 heterocycles. The first kappa shape index (κ1) is 19.9. The van der Waals surface area contributed by atoms with Gasteiger partial charge < -0.3 is 14.5 Å². The van der Waals surface area contributed by atoms with Crippen LogP contribution in [0.3, 0.4) is 0 Å². The first-order chi connectivity index (χ1) is 14.0. The Kier molecular flexibility index (Phi) is 5.61. The minimum atomic E-state index is -0.708. The van der Waals surface area contributed by atoms with Crippen LogP contribution in [-0.2, 0) is 19.2 Å². The normalized spacial score (nSPS) is 26.6. The Balaban J connectivity index is 1.49. The van der Waals surface area contributed by atoms with Crippen molar-refractivity contribution in [3.63, 3.8) is 0 Å². The number of nitrogens with zero attached hydrogens (tertiary/aromatic N) is 2. The van der Waals surface area contributed by atoms with Gasteiger partial charge in [0, 0.05) is 37.4 Å². The van der Waals surface area contributed by atoms with Crippen LogP contribution in [-0.4, -0.2) is 48.3 Å². The number of hydrogen-bond donors (Lipinski definition) is 0. The van der Waals surface area contributed by atoms with Crippen molar-refractivity contribution in [2.75, 3.05) is 19.7 Å². The third-order valence-electron chi connectivity index (χ3n) is 6.33. The van der Waals surface area contributed by atoms with E-state index in [-0.39, 0.29) is 23.9 Å². The summed E-state index contributed by atoms with van der Waals surface area (Å²) in [6.07, 6.45) is 4.50. The van der Waals surface area contributed by atoms with Crippen molar-refractivity contribution in [1.29, 1.82) is 0 Å². The number of piperidine rings is 1. The van der Waals surface area contributed by atoms with E-state index >= 15 is 0 Å². The van der Waals surface area contributed by atoms with E-state index in [2.05, 4.69) is 24.2 Å². The Morgan fingerprint density at radius 3 is 2.83 bits per heavy atom. The first-order valence-electron chi connectivity index (χ1n) is 10.8. The molecule has 0 spiro atoms. The van der Waals surface area contributed by atoms with E-state index in [0.29, 0.717) is 26.0 Å². The molecule has 3 aliphatic rings. The van der Waals surface area contributed by atoms with E-state index in [0.717, 1.165) is 49.1 Å². The van der Waals surface area contributed by atoms with Crippen molar-refractivity contribution in [3.8, 4) is 0 Å². The molecular weight excluding hydrogens is 368 g/mol. The van der Waals surface area contributed by atoms with E-state index in [9.17, 15) is 9.59 Å². The fourth-order valence-corrected chi connectivity index (χ4v) is 4.64. The van der Waals surface area contributed by atoms with Gasteiger partial charge in [-0.25, -0.2) is 0 Å². The van der Waals surface area contributed by atoms with Crippen LogP contribution in [0.25, 0.3) is 0 Å². The number of ether oxygens (including phenoxy) is 1. The van der Waals surface area contributed by atoms with Crippen LogP contribution in [0.2, 0.25) is 0 Å². The van der Waals surface area contributed by atoms with Gasteiger partial charge in [-0.1, -0.05) is 29.4 Å². The zero-order valence-electron chi connectivity index (χ0n) is 17.4. The van der Waals surface area contributed by atoms with E-state index in [1.807, 2.05) is 24.0 Å². The van der Waals surface area contributed by atoms with Crippen LogP contribution < -0.4 is 0 Å². The second-order valence-electron chi connectivity index (χ2n) is 8.63. The van der Waals surface area contributed by atoms with Gasteiger partial charge in [-0.15, -0.1) is 0 Å². The van der Waals surface area contributed by atoms with Gasteiger partial charge >= 0.3 is 5.97 Å². The number of aryl methyl sites for hydroxylation is 1. The summed E-state index contributed by atoms with van der Waals surface area (Å²) in [5.41, 5.74) is 2.47. The van der Waals surface area contributed by atoms with Crippen molar-refractivity contribution < 1.29 is 19.2 Å². The highest BCUT2D eigenvalue weighted by atomic mass is 16.6. The van der Waals surface area contributed by atoms with E-state index in [4.69, 9.17) is 9.57 Å². The Bertz CT molecular complexity index is 817. The SMILES string of the molecule is CCOC(=O)[C@@]1(C[C@@H]2CC(c3ccccc3C)=NO2)CCCN(C(=O)C2CC2)C1. The molecule has 1 amide bonds. The van der Waals surface area contributed by atoms with Crippen molar-refractivity contribution in [2.45, 2.75) is 58.5 Å². The highest BCUT2D eigenvalue weighted by Crippen LogP contribution is 2.41. The third-order valence-corrected chi connectivity index (χ3v) is 6.33. The second-order valence-corrected chi connectivity index (χ2v) is 8.63. The fraction of sp³-hybridized carbons (Fsp3) is 0.609. The fourth-order valence-electron chi connectivity index (χ4n) is 4.64. The van der Waals surface area contributed by atoms with Gasteiger partial charge in [0.25, 0.3) is 0 Å². The number of carbonyl (C=O) groups is 2. The molecule has 2 aliphatic heterocycles. The third kappa shape index (κ3) is 4.16. The number of rotatable bonds is 6. The molecule has 0 N–H and O–H groups in total. The number of benzene rings is 1. The van der Waals surface area contributed by atoms with Gasteiger partial charge in [0.1, 0.15) is 6.10 Å². The quantitative estimate of drug-likeness (QED) is 0.688. The molecule has 2 fully saturated rings. The largest absolute Gasteiger partial charge is 0.466 e. The molecular formula is C23H30N2O4. The Labute approximate surface area is 172 Å². The molecule has 29 heavy (non-hydrogen) atoms. The lowest BCUT2D eigenvalue weighted by molar-refractivity contribution is -0.164. The number of hydrogen-bond acceptors (Lipinski definition) is 5. The van der Waals surface area contributed by atoms with Crippen LogP contribution in [0, 0.1) is 18.3 Å². The molecule has 1 aromatic carbocycles. The van der Waals surface area contributed by atoms with E-state index in [1.54, 1.807) is 0 Å². The van der Waals surface area contributed by atoms with Gasteiger partial charge in [-0.05, 0) is 45.1 Å². The maximum absolute atomic E-state index is 13.0. The Morgan fingerprint density at radius 2 is 2.10 bits per heavy atom. The van der Waals surface area contributed by atoms with Crippen molar-refractivity contribution in [1.82, 2.24) is 4.90 Å². The number of oxime groups is 1. The van der Waals surface area contributed by atoms with Gasteiger partial charge in [0.15, 0.2) is 0 Å². The van der Waals surface area contributed by atoms with Crippen LogP contribution in [0.1, 0.15) is 56.6 Å². The number of likely N-dealkylation sites (tertiary alicyclic amines) is 1. The monoisotopic (exact) mass is 398 g/mol. The van der Waals surface area contributed by atoms with E-state index < -0.39 is 5.41 Å². The molecule has 0 bridgehead atoms. The average molecular weight is 399 g/mol. The van der Waals surface area contributed by atoms with Crippen LogP contribution >= 0.6 is 0 Å². The molecule has 6 nitrogen and oxygen atoms in total. The lowest BCUT2D eigenvalue weighted by Crippen LogP contribution is -2.52. The Hall–Kier alpha value is -2.37. The predicted octanol–water partition coefficient (Wildman–Crippen LogP) is 3.46. The maximum Gasteiger partial charge on any atom is 0.314 e. The van der Waals surface area contributed by atoms with Gasteiger partial charge in [-0.3, -0.25) is 9.59 Å². The summed E-state index contributed by atoms with van der Waals surface area (Å²) in [6.45, 7) is 5.39. The molecule has 156 valence electrons. The minimum Gasteiger partial charge on any atom is -0.466 e. The van der Waals surface area contributed by atoms with Gasteiger partial charge in [0.05, 0.1) is 17.7 Å². The highest BCUT2D eigenvalue weighted by Gasteiger charge is 2.49. The highest BCUT2D eigenvalue weighted by molar-refractivity contribution is 6.02. The first-order valence-corrected chi connectivity index (χ1v) is 10.8. The molecule has 0 radical (unpaired) electrons. The number of carbonyl (C=O) groups excluding carboxylic acids is 2. The summed E-state index contributed by atoms with van der Waals surface area (Å²) in [6, 6.07) is 8.13. The van der Waals surface area contributed by atoms with Gasteiger partial charge in [-0.2, -0.15) is 0 Å². The second kappa shape index (κ2) is 8.17. The number of amides is 1. The molecule has 1 aliphatic carbocycles. The van der Waals surface area contributed by atoms with Gasteiger partial charge in [0.2, 0.25) is 5.91 Å². The minimum absolute atomic E-state index is 0.159. The van der Waals surface area contributed by atoms with Crippen molar-refractivity contribution in [2.24, 2.45) is 16.5 Å². The average Bonchev–Trinajstić information content (AvgIpc) is 3.48. The van der Waals surface area contributed by atoms with Crippen LogP contribution in [0.5, 0.6) is 0 Å². The smallest absolute Gasteiger partial charge is 0.314 e. The summed E-state index contributed by atoms with van der Waals surface area (Å²) in [7, 11) is 0. The summed E-state index contributed by atoms with van der Waals surface area (Å²) < 4.78 is 5.46. The molecule has 2 atom stereocenters. The van der Waals surface area contributed by atoms with Crippen LogP contribution in [0.15, 0.2) is 29.4 Å². The molecule has 1 saturated carbocycles. The molecule has 6 heteroatoms. The zero-order chi connectivity index (χ0) is 20.4. The lowest BCUT2D eigenvalue weighted by atomic mass is 9.74. The molecule has 0 unspecified atom stereocenters. The summed E-state index contributed by atoms with van der Waals surface area (Å²) in [5, 5.41) is 4.33. The van der Waals surface area contributed by atoms with E-state index in [1.165, 1.54) is 0 Å². The summed E-state index contributed by atoms with van der Waals surface area (Å²) >= 11 is 0. The topological polar surface area (TPSA) is 68.2 Å². The van der Waals surface area contributed by atoms with Crippen molar-refractivity contribution in [3.05, 3.63) is 35.4 Å². The maximum atomic E-state index is 13.0.